The van der Waals surface area contributed by atoms with Gasteiger partial charge in [0.05, 0.1) is 17.7 Å². The molecule has 1 saturated heterocycles. The van der Waals surface area contributed by atoms with Gasteiger partial charge in [-0.05, 0) is 36.8 Å². The molecule has 1 aromatic heterocycles. The molecule has 1 aliphatic heterocycles. The molecule has 1 atom stereocenters. The number of nitrogens with one attached hydrogen (secondary N) is 1. The van der Waals surface area contributed by atoms with Crippen molar-refractivity contribution in [1.82, 2.24) is 25.5 Å². The smallest absolute Gasteiger partial charge is 0.410 e. The SMILES string of the molecule is CC1(C)OCC(c2ccc(Cl)c(-c3nn[nH]n3)c2)N1C(=O)O. The Kier molecular flexibility index (Phi) is 3.50. The highest BCUT2D eigenvalue weighted by Gasteiger charge is 2.44. The van der Waals surface area contributed by atoms with Crippen LogP contribution in [0.4, 0.5) is 4.79 Å². The predicted molar refractivity (Wildman–Crippen MR) is 77.3 cm³/mol. The van der Waals surface area contributed by atoms with Gasteiger partial charge in [0.2, 0.25) is 5.82 Å². The van der Waals surface area contributed by atoms with Gasteiger partial charge in [0.15, 0.2) is 0 Å². The zero-order valence-corrected chi connectivity index (χ0v) is 12.7. The van der Waals surface area contributed by atoms with Crippen molar-refractivity contribution in [3.05, 3.63) is 28.8 Å². The maximum Gasteiger partial charge on any atom is 0.410 e. The molecule has 2 N–H and O–H groups in total. The van der Waals surface area contributed by atoms with E-state index in [1.54, 1.807) is 32.0 Å². The highest BCUT2D eigenvalue weighted by molar-refractivity contribution is 6.33. The first-order chi connectivity index (χ1) is 10.4. The number of H-pyrrole nitrogens is 1. The van der Waals surface area contributed by atoms with Gasteiger partial charge in [-0.15, -0.1) is 10.2 Å². The lowest BCUT2D eigenvalue weighted by Gasteiger charge is -2.31. The normalized spacial score (nSPS) is 20.3. The molecular weight excluding hydrogens is 310 g/mol. The molecule has 0 saturated carbocycles. The molecule has 0 bridgehead atoms. The third-order valence-corrected chi connectivity index (χ3v) is 3.98. The minimum Gasteiger partial charge on any atom is -0.465 e. The van der Waals surface area contributed by atoms with E-state index >= 15 is 0 Å². The van der Waals surface area contributed by atoms with Crippen LogP contribution in [0.2, 0.25) is 5.02 Å². The molecular formula is C13H14ClN5O3. The van der Waals surface area contributed by atoms with Gasteiger partial charge in [0.25, 0.3) is 0 Å². The Hall–Kier alpha value is -2.19. The van der Waals surface area contributed by atoms with E-state index in [4.69, 9.17) is 16.3 Å². The molecule has 0 aliphatic carbocycles. The number of nitrogens with zero attached hydrogens (tertiary/aromatic N) is 4. The van der Waals surface area contributed by atoms with Crippen LogP contribution in [0, 0.1) is 0 Å². The number of rotatable bonds is 2. The van der Waals surface area contributed by atoms with Gasteiger partial charge in [-0.25, -0.2) is 4.79 Å². The maximum atomic E-state index is 11.6. The number of aromatic amines is 1. The summed E-state index contributed by atoms with van der Waals surface area (Å²) in [5.74, 6) is 0.354. The summed E-state index contributed by atoms with van der Waals surface area (Å²) in [6, 6.07) is 4.81. The summed E-state index contributed by atoms with van der Waals surface area (Å²) in [5, 5.41) is 23.6. The van der Waals surface area contributed by atoms with Gasteiger partial charge in [0.1, 0.15) is 5.72 Å². The van der Waals surface area contributed by atoms with Crippen molar-refractivity contribution < 1.29 is 14.6 Å². The summed E-state index contributed by atoms with van der Waals surface area (Å²) in [6.45, 7) is 3.71. The number of hydrogen-bond acceptors (Lipinski definition) is 5. The fraction of sp³-hybridized carbons (Fsp3) is 0.385. The number of ether oxygens (including phenoxy) is 1. The summed E-state index contributed by atoms with van der Waals surface area (Å²) in [7, 11) is 0. The van der Waals surface area contributed by atoms with Gasteiger partial charge in [0, 0.05) is 5.56 Å². The summed E-state index contributed by atoms with van der Waals surface area (Å²) in [5.41, 5.74) is 0.461. The van der Waals surface area contributed by atoms with Crippen molar-refractivity contribution in [2.24, 2.45) is 0 Å². The van der Waals surface area contributed by atoms with Crippen molar-refractivity contribution in [2.75, 3.05) is 6.61 Å². The zero-order chi connectivity index (χ0) is 15.9. The van der Waals surface area contributed by atoms with E-state index in [9.17, 15) is 9.90 Å². The van der Waals surface area contributed by atoms with Crippen LogP contribution in [-0.2, 0) is 4.74 Å². The number of amides is 1. The fourth-order valence-corrected chi connectivity index (χ4v) is 2.81. The average Bonchev–Trinajstić information content (AvgIpc) is 3.06. The molecule has 1 aromatic carbocycles. The summed E-state index contributed by atoms with van der Waals surface area (Å²) in [6.07, 6.45) is -1.04. The van der Waals surface area contributed by atoms with Gasteiger partial charge in [-0.2, -0.15) is 5.21 Å². The lowest BCUT2D eigenvalue weighted by Crippen LogP contribution is -2.44. The molecule has 9 heteroatoms. The Balaban J connectivity index is 2.02. The maximum absolute atomic E-state index is 11.6. The number of benzene rings is 1. The number of hydrogen-bond donors (Lipinski definition) is 2. The molecule has 116 valence electrons. The topological polar surface area (TPSA) is 104 Å². The number of aromatic nitrogens is 4. The molecule has 22 heavy (non-hydrogen) atoms. The zero-order valence-electron chi connectivity index (χ0n) is 11.9. The van der Waals surface area contributed by atoms with E-state index in [0.717, 1.165) is 5.56 Å². The molecule has 2 aromatic rings. The molecule has 0 spiro atoms. The molecule has 1 fully saturated rings. The van der Waals surface area contributed by atoms with Crippen LogP contribution in [0.25, 0.3) is 11.4 Å². The Labute approximate surface area is 131 Å². The Morgan fingerprint density at radius 2 is 2.32 bits per heavy atom. The fourth-order valence-electron chi connectivity index (χ4n) is 2.61. The quantitative estimate of drug-likeness (QED) is 0.878. The van der Waals surface area contributed by atoms with Crippen molar-refractivity contribution in [3.8, 4) is 11.4 Å². The number of halogens is 1. The van der Waals surface area contributed by atoms with Crippen molar-refractivity contribution in [3.63, 3.8) is 0 Å². The summed E-state index contributed by atoms with van der Waals surface area (Å²) in [4.78, 5) is 12.8. The van der Waals surface area contributed by atoms with Crippen LogP contribution >= 0.6 is 11.6 Å². The number of carboxylic acid groups (broad SMARTS) is 1. The first-order valence-electron chi connectivity index (χ1n) is 6.59. The van der Waals surface area contributed by atoms with Gasteiger partial charge in [-0.1, -0.05) is 17.7 Å². The molecule has 1 amide bonds. The minimum atomic E-state index is -1.04. The van der Waals surface area contributed by atoms with Crippen molar-refractivity contribution in [1.29, 1.82) is 0 Å². The first-order valence-corrected chi connectivity index (χ1v) is 6.97. The Morgan fingerprint density at radius 3 is 2.95 bits per heavy atom. The third kappa shape index (κ3) is 2.40. The third-order valence-electron chi connectivity index (χ3n) is 3.65. The monoisotopic (exact) mass is 323 g/mol. The lowest BCUT2D eigenvalue weighted by molar-refractivity contribution is -0.0420. The van der Waals surface area contributed by atoms with E-state index in [1.807, 2.05) is 0 Å². The van der Waals surface area contributed by atoms with Crippen LogP contribution in [0.15, 0.2) is 18.2 Å². The van der Waals surface area contributed by atoms with Gasteiger partial charge < -0.3 is 9.84 Å². The second kappa shape index (κ2) is 5.22. The van der Waals surface area contributed by atoms with Crippen LogP contribution in [0.5, 0.6) is 0 Å². The molecule has 0 radical (unpaired) electrons. The van der Waals surface area contributed by atoms with E-state index < -0.39 is 17.9 Å². The van der Waals surface area contributed by atoms with Crippen LogP contribution in [-0.4, -0.2) is 49.1 Å². The van der Waals surface area contributed by atoms with E-state index in [0.29, 0.717) is 16.4 Å². The Morgan fingerprint density at radius 1 is 1.55 bits per heavy atom. The average molecular weight is 324 g/mol. The highest BCUT2D eigenvalue weighted by atomic mass is 35.5. The van der Waals surface area contributed by atoms with Crippen molar-refractivity contribution >= 4 is 17.7 Å². The largest absolute Gasteiger partial charge is 0.465 e. The van der Waals surface area contributed by atoms with Crippen LogP contribution < -0.4 is 0 Å². The second-order valence-electron chi connectivity index (χ2n) is 5.40. The molecule has 8 nitrogen and oxygen atoms in total. The van der Waals surface area contributed by atoms with Gasteiger partial charge in [-0.3, -0.25) is 4.90 Å². The van der Waals surface area contributed by atoms with Crippen LogP contribution in [0.3, 0.4) is 0 Å². The number of tetrazole rings is 1. The first kappa shape index (κ1) is 14.7. The van der Waals surface area contributed by atoms with Crippen molar-refractivity contribution in [2.45, 2.75) is 25.6 Å². The highest BCUT2D eigenvalue weighted by Crippen LogP contribution is 2.38. The second-order valence-corrected chi connectivity index (χ2v) is 5.81. The Bertz CT molecular complexity index is 704. The van der Waals surface area contributed by atoms with E-state index in [1.165, 1.54) is 4.90 Å². The number of carbonyl (C=O) groups is 1. The van der Waals surface area contributed by atoms with Gasteiger partial charge >= 0.3 is 6.09 Å². The van der Waals surface area contributed by atoms with E-state index in [2.05, 4.69) is 20.6 Å². The molecule has 3 rings (SSSR count). The summed E-state index contributed by atoms with van der Waals surface area (Å²) < 4.78 is 5.60. The molecule has 1 aliphatic rings. The van der Waals surface area contributed by atoms with Crippen LogP contribution in [0.1, 0.15) is 25.5 Å². The lowest BCUT2D eigenvalue weighted by atomic mass is 10.0. The standard InChI is InChI=1S/C13H14ClN5O3/c1-13(2)19(12(20)21)10(6-22-13)7-3-4-9(14)8(5-7)11-15-17-18-16-11/h3-5,10H,6H2,1-2H3,(H,20,21)(H,15,16,17,18). The predicted octanol–water partition coefficient (Wildman–Crippen LogP) is 2.31. The minimum absolute atomic E-state index is 0.270. The molecule has 1 unspecified atom stereocenters. The molecule has 2 heterocycles. The summed E-state index contributed by atoms with van der Waals surface area (Å²) >= 11 is 6.17. The van der Waals surface area contributed by atoms with E-state index in [-0.39, 0.29) is 6.61 Å².